The highest BCUT2D eigenvalue weighted by molar-refractivity contribution is 6.10. The number of carbonyl (C=O) groups excluding carboxylic acids is 1. The summed E-state index contributed by atoms with van der Waals surface area (Å²) in [4.78, 5) is 33.3. The summed E-state index contributed by atoms with van der Waals surface area (Å²) in [5.74, 6) is 1.14. The minimum absolute atomic E-state index is 0.136. The van der Waals surface area contributed by atoms with Crippen molar-refractivity contribution in [2.45, 2.75) is 13.3 Å². The molecule has 0 unspecified atom stereocenters. The van der Waals surface area contributed by atoms with Gasteiger partial charge in [-0.2, -0.15) is 4.98 Å². The highest BCUT2D eigenvalue weighted by Crippen LogP contribution is 2.26. The van der Waals surface area contributed by atoms with Crippen molar-refractivity contribution < 1.29 is 9.53 Å². The molecule has 172 valence electrons. The number of hydrogen-bond donors (Lipinski definition) is 1. The molecule has 8 heteroatoms. The van der Waals surface area contributed by atoms with E-state index in [1.54, 1.807) is 36.8 Å². The number of rotatable bonds is 7. The summed E-state index contributed by atoms with van der Waals surface area (Å²) in [6, 6.07) is 13.7. The molecule has 1 saturated heterocycles. The first-order valence-electron chi connectivity index (χ1n) is 11.4. The Labute approximate surface area is 198 Å². The number of anilines is 2. The molecule has 0 spiro atoms. The Bertz CT molecular complexity index is 1310. The molecular weight excluding hydrogens is 428 g/mol. The molecular formula is C26H26N6O2. The summed E-state index contributed by atoms with van der Waals surface area (Å²) in [6.07, 6.45) is 5.65. The SMILES string of the molecule is Cc1cccc(CCNc2nc(N3CCOCC3)c3ncc(C(=O)c4cccnc4)cc3n2)c1. The van der Waals surface area contributed by atoms with Crippen LogP contribution in [0, 0.1) is 6.92 Å². The van der Waals surface area contributed by atoms with Crippen LogP contribution in [0.1, 0.15) is 27.0 Å². The van der Waals surface area contributed by atoms with Gasteiger partial charge < -0.3 is 15.0 Å². The maximum absolute atomic E-state index is 13.0. The Kier molecular flexibility index (Phi) is 6.40. The van der Waals surface area contributed by atoms with E-state index in [-0.39, 0.29) is 5.78 Å². The summed E-state index contributed by atoms with van der Waals surface area (Å²) in [5.41, 5.74) is 4.79. The molecule has 1 aromatic carbocycles. The topological polar surface area (TPSA) is 93.1 Å². The zero-order valence-corrected chi connectivity index (χ0v) is 19.1. The van der Waals surface area contributed by atoms with Crippen LogP contribution in [0.2, 0.25) is 0 Å². The highest BCUT2D eigenvalue weighted by atomic mass is 16.5. The number of carbonyl (C=O) groups is 1. The Morgan fingerprint density at radius 3 is 2.74 bits per heavy atom. The molecule has 1 aliphatic rings. The lowest BCUT2D eigenvalue weighted by Gasteiger charge is -2.28. The molecule has 1 fully saturated rings. The molecule has 3 aromatic heterocycles. The van der Waals surface area contributed by atoms with Crippen molar-refractivity contribution >= 4 is 28.6 Å². The van der Waals surface area contributed by atoms with Crippen LogP contribution in [0.15, 0.2) is 61.1 Å². The summed E-state index contributed by atoms with van der Waals surface area (Å²) < 4.78 is 5.51. The van der Waals surface area contributed by atoms with Gasteiger partial charge in [0.15, 0.2) is 11.6 Å². The summed E-state index contributed by atoms with van der Waals surface area (Å²) in [5, 5.41) is 3.36. The number of pyridine rings is 2. The van der Waals surface area contributed by atoms with Crippen molar-refractivity contribution in [2.75, 3.05) is 43.1 Å². The standard InChI is InChI=1S/C26H26N6O2/c1-18-4-2-5-19(14-18)7-9-28-26-30-22-15-21(24(33)20-6-3-8-27-16-20)17-29-23(22)25(31-26)32-10-12-34-13-11-32/h2-6,8,14-17H,7,9-13H2,1H3,(H,28,30,31). The van der Waals surface area contributed by atoms with Crippen LogP contribution in [0.4, 0.5) is 11.8 Å². The minimum atomic E-state index is -0.136. The van der Waals surface area contributed by atoms with Crippen molar-refractivity contribution in [1.82, 2.24) is 19.9 Å². The predicted molar refractivity (Wildman–Crippen MR) is 131 cm³/mol. The van der Waals surface area contributed by atoms with E-state index in [9.17, 15) is 4.79 Å². The fourth-order valence-corrected chi connectivity index (χ4v) is 4.05. The van der Waals surface area contributed by atoms with E-state index in [0.717, 1.165) is 25.3 Å². The number of fused-ring (bicyclic) bond motifs is 1. The van der Waals surface area contributed by atoms with Gasteiger partial charge in [0.25, 0.3) is 0 Å². The maximum Gasteiger partial charge on any atom is 0.225 e. The summed E-state index contributed by atoms with van der Waals surface area (Å²) in [7, 11) is 0. The molecule has 1 N–H and O–H groups in total. The van der Waals surface area contributed by atoms with Gasteiger partial charge in [0, 0.05) is 49.4 Å². The Morgan fingerprint density at radius 1 is 1.06 bits per heavy atom. The number of nitrogens with zero attached hydrogens (tertiary/aromatic N) is 5. The molecule has 0 saturated carbocycles. The fraction of sp³-hybridized carbons (Fsp3) is 0.269. The van der Waals surface area contributed by atoms with Crippen molar-refractivity contribution in [3.05, 3.63) is 83.3 Å². The van der Waals surface area contributed by atoms with Crippen LogP contribution < -0.4 is 10.2 Å². The Balaban J connectivity index is 1.46. The van der Waals surface area contributed by atoms with Gasteiger partial charge in [0.1, 0.15) is 5.52 Å². The predicted octanol–water partition coefficient (Wildman–Crippen LogP) is 3.45. The number of ether oxygens (including phenoxy) is 1. The lowest BCUT2D eigenvalue weighted by Crippen LogP contribution is -2.37. The molecule has 4 aromatic rings. The van der Waals surface area contributed by atoms with Crippen LogP contribution in [0.5, 0.6) is 0 Å². The van der Waals surface area contributed by atoms with Crippen molar-refractivity contribution in [3.8, 4) is 0 Å². The first kappa shape index (κ1) is 21.9. The van der Waals surface area contributed by atoms with E-state index in [4.69, 9.17) is 14.7 Å². The molecule has 0 aliphatic carbocycles. The molecule has 8 nitrogen and oxygen atoms in total. The summed E-state index contributed by atoms with van der Waals surface area (Å²) >= 11 is 0. The van der Waals surface area contributed by atoms with Gasteiger partial charge in [-0.15, -0.1) is 0 Å². The zero-order valence-electron chi connectivity index (χ0n) is 19.1. The van der Waals surface area contributed by atoms with Crippen LogP contribution in [0.25, 0.3) is 11.0 Å². The van der Waals surface area contributed by atoms with Crippen LogP contribution in [0.3, 0.4) is 0 Å². The van der Waals surface area contributed by atoms with E-state index in [1.807, 2.05) is 0 Å². The van der Waals surface area contributed by atoms with E-state index >= 15 is 0 Å². The third kappa shape index (κ3) is 4.87. The van der Waals surface area contributed by atoms with Crippen LogP contribution in [-0.2, 0) is 11.2 Å². The third-order valence-corrected chi connectivity index (χ3v) is 5.79. The molecule has 34 heavy (non-hydrogen) atoms. The van der Waals surface area contributed by atoms with Gasteiger partial charge in [-0.05, 0) is 37.1 Å². The lowest BCUT2D eigenvalue weighted by molar-refractivity contribution is 0.103. The second-order valence-electron chi connectivity index (χ2n) is 8.30. The minimum Gasteiger partial charge on any atom is -0.378 e. The number of aromatic nitrogens is 4. The fourth-order valence-electron chi connectivity index (χ4n) is 4.05. The number of hydrogen-bond acceptors (Lipinski definition) is 8. The first-order valence-corrected chi connectivity index (χ1v) is 11.4. The van der Waals surface area contributed by atoms with E-state index in [1.165, 1.54) is 11.1 Å². The van der Waals surface area contributed by atoms with Gasteiger partial charge in [0.05, 0.1) is 18.7 Å². The summed E-state index contributed by atoms with van der Waals surface area (Å²) in [6.45, 7) is 5.52. The monoisotopic (exact) mass is 454 g/mol. The molecule has 4 heterocycles. The van der Waals surface area contributed by atoms with Gasteiger partial charge in [0.2, 0.25) is 5.95 Å². The molecule has 5 rings (SSSR count). The normalized spacial score (nSPS) is 13.7. The quantitative estimate of drug-likeness (QED) is 0.425. The van der Waals surface area contributed by atoms with Crippen molar-refractivity contribution in [1.29, 1.82) is 0 Å². The molecule has 1 aliphatic heterocycles. The van der Waals surface area contributed by atoms with Gasteiger partial charge in [-0.25, -0.2) is 9.97 Å². The number of morpholine rings is 1. The number of ketones is 1. The van der Waals surface area contributed by atoms with E-state index in [2.05, 4.69) is 51.4 Å². The Hall–Kier alpha value is -3.91. The van der Waals surface area contributed by atoms with E-state index < -0.39 is 0 Å². The average Bonchev–Trinajstić information content (AvgIpc) is 2.88. The highest BCUT2D eigenvalue weighted by Gasteiger charge is 2.20. The Morgan fingerprint density at radius 2 is 1.94 bits per heavy atom. The number of benzene rings is 1. The van der Waals surface area contributed by atoms with Gasteiger partial charge in [-0.3, -0.25) is 9.78 Å². The molecule has 0 atom stereocenters. The van der Waals surface area contributed by atoms with Crippen LogP contribution >= 0.6 is 0 Å². The maximum atomic E-state index is 13.0. The smallest absolute Gasteiger partial charge is 0.225 e. The first-order chi connectivity index (χ1) is 16.7. The third-order valence-electron chi connectivity index (χ3n) is 5.79. The van der Waals surface area contributed by atoms with Crippen molar-refractivity contribution in [2.24, 2.45) is 0 Å². The number of aryl methyl sites for hydroxylation is 1. The van der Waals surface area contributed by atoms with Gasteiger partial charge in [-0.1, -0.05) is 29.8 Å². The molecule has 0 radical (unpaired) electrons. The van der Waals surface area contributed by atoms with Gasteiger partial charge >= 0.3 is 0 Å². The average molecular weight is 455 g/mol. The molecule has 0 bridgehead atoms. The second kappa shape index (κ2) is 9.93. The van der Waals surface area contributed by atoms with Crippen molar-refractivity contribution in [3.63, 3.8) is 0 Å². The zero-order chi connectivity index (χ0) is 23.3. The largest absolute Gasteiger partial charge is 0.378 e. The van der Waals surface area contributed by atoms with E-state index in [0.29, 0.717) is 47.9 Å². The number of nitrogens with one attached hydrogen (secondary N) is 1. The molecule has 0 amide bonds. The van der Waals surface area contributed by atoms with Crippen LogP contribution in [-0.4, -0.2) is 58.6 Å². The second-order valence-corrected chi connectivity index (χ2v) is 8.30. The lowest BCUT2D eigenvalue weighted by atomic mass is 10.1.